The zero-order chi connectivity index (χ0) is 20.2. The molecule has 0 aliphatic carbocycles. The maximum absolute atomic E-state index is 13.1. The summed E-state index contributed by atoms with van der Waals surface area (Å²) in [5, 5.41) is 0. The minimum atomic E-state index is -0.211. The molecule has 0 N–H and O–H groups in total. The monoisotopic (exact) mass is 385 g/mol. The number of anilines is 1. The van der Waals surface area contributed by atoms with Gasteiger partial charge in [0.15, 0.2) is 0 Å². The Kier molecular flexibility index (Phi) is 5.38. The van der Waals surface area contributed by atoms with Gasteiger partial charge in [0, 0.05) is 37.1 Å². The average molecular weight is 385 g/mol. The number of carbonyl (C=O) groups is 2. The van der Waals surface area contributed by atoms with Gasteiger partial charge in [0.2, 0.25) is 0 Å². The average Bonchev–Trinajstić information content (AvgIpc) is 2.79. The van der Waals surface area contributed by atoms with Gasteiger partial charge in [-0.15, -0.1) is 0 Å². The molecule has 0 saturated heterocycles. The highest BCUT2D eigenvalue weighted by atomic mass is 16.2. The normalized spacial score (nSPS) is 12.9. The van der Waals surface area contributed by atoms with Crippen molar-refractivity contribution in [3.05, 3.63) is 95.3 Å². The molecule has 29 heavy (non-hydrogen) atoms. The van der Waals surface area contributed by atoms with E-state index in [1.807, 2.05) is 54.3 Å². The van der Waals surface area contributed by atoms with E-state index in [1.165, 1.54) is 17.3 Å². The number of fused-ring (bicyclic) bond motifs is 1. The minimum absolute atomic E-state index is 0.0706. The number of benzene rings is 2. The van der Waals surface area contributed by atoms with E-state index in [0.717, 1.165) is 12.1 Å². The number of hydrogen-bond acceptors (Lipinski definition) is 3. The molecule has 0 bridgehead atoms. The second-order valence-corrected chi connectivity index (χ2v) is 7.06. The van der Waals surface area contributed by atoms with Crippen LogP contribution in [0.15, 0.2) is 72.9 Å². The first-order chi connectivity index (χ1) is 14.2. The lowest BCUT2D eigenvalue weighted by molar-refractivity contribution is 0.0734. The molecular formula is C24H23N3O2. The maximum Gasteiger partial charge on any atom is 0.276 e. The Balaban J connectivity index is 1.56. The largest absolute Gasteiger partial charge is 0.334 e. The molecule has 0 atom stereocenters. The fraction of sp³-hybridized carbons (Fsp3) is 0.208. The quantitative estimate of drug-likeness (QED) is 0.683. The van der Waals surface area contributed by atoms with E-state index in [4.69, 9.17) is 0 Å². The third-order valence-electron chi connectivity index (χ3n) is 5.27. The number of para-hydroxylation sites is 1. The number of nitrogens with zero attached hydrogens (tertiary/aromatic N) is 3. The molecule has 5 heteroatoms. The molecule has 1 aromatic heterocycles. The molecule has 1 aliphatic rings. The number of carbonyl (C=O) groups excluding carboxylic acids is 2. The van der Waals surface area contributed by atoms with Gasteiger partial charge in [-0.25, -0.2) is 0 Å². The summed E-state index contributed by atoms with van der Waals surface area (Å²) in [7, 11) is 0. The predicted molar refractivity (Wildman–Crippen MR) is 113 cm³/mol. The molecule has 0 spiro atoms. The van der Waals surface area contributed by atoms with Crippen LogP contribution < -0.4 is 4.90 Å². The zero-order valence-corrected chi connectivity index (χ0v) is 16.4. The number of pyridine rings is 1. The fourth-order valence-electron chi connectivity index (χ4n) is 3.72. The van der Waals surface area contributed by atoms with E-state index in [9.17, 15) is 9.59 Å². The number of aromatic nitrogens is 1. The van der Waals surface area contributed by atoms with Crippen LogP contribution in [-0.2, 0) is 13.0 Å². The van der Waals surface area contributed by atoms with Crippen molar-refractivity contribution in [1.29, 1.82) is 0 Å². The van der Waals surface area contributed by atoms with Crippen molar-refractivity contribution < 1.29 is 9.59 Å². The Morgan fingerprint density at radius 2 is 1.72 bits per heavy atom. The van der Waals surface area contributed by atoms with Crippen LogP contribution in [0, 0.1) is 0 Å². The van der Waals surface area contributed by atoms with Crippen LogP contribution in [0.2, 0.25) is 0 Å². The molecule has 3 aromatic rings. The van der Waals surface area contributed by atoms with Crippen molar-refractivity contribution >= 4 is 17.5 Å². The molecule has 0 unspecified atom stereocenters. The molecule has 0 saturated carbocycles. The first-order valence-electron chi connectivity index (χ1n) is 9.86. The molecule has 2 heterocycles. The summed E-state index contributed by atoms with van der Waals surface area (Å²) in [5.74, 6) is -0.281. The molecular weight excluding hydrogens is 362 g/mol. The van der Waals surface area contributed by atoms with Crippen LogP contribution >= 0.6 is 0 Å². The van der Waals surface area contributed by atoms with Crippen LogP contribution in [0.25, 0.3) is 0 Å². The Morgan fingerprint density at radius 3 is 2.48 bits per heavy atom. The van der Waals surface area contributed by atoms with E-state index in [0.29, 0.717) is 25.2 Å². The topological polar surface area (TPSA) is 53.5 Å². The van der Waals surface area contributed by atoms with Gasteiger partial charge >= 0.3 is 0 Å². The third kappa shape index (κ3) is 3.90. The van der Waals surface area contributed by atoms with Crippen molar-refractivity contribution in [1.82, 2.24) is 9.88 Å². The van der Waals surface area contributed by atoms with E-state index in [-0.39, 0.29) is 17.5 Å². The molecule has 2 aromatic carbocycles. The van der Waals surface area contributed by atoms with Crippen LogP contribution in [-0.4, -0.2) is 34.8 Å². The van der Waals surface area contributed by atoms with Gasteiger partial charge in [-0.1, -0.05) is 42.5 Å². The molecule has 146 valence electrons. The Labute approximate surface area is 170 Å². The van der Waals surface area contributed by atoms with E-state index in [2.05, 4.69) is 17.1 Å². The second-order valence-electron chi connectivity index (χ2n) is 7.06. The highest BCUT2D eigenvalue weighted by Gasteiger charge is 2.23. The lowest BCUT2D eigenvalue weighted by Crippen LogP contribution is -2.36. The van der Waals surface area contributed by atoms with Crippen molar-refractivity contribution in [2.45, 2.75) is 19.9 Å². The van der Waals surface area contributed by atoms with Gasteiger partial charge in [0.1, 0.15) is 5.69 Å². The number of hydrogen-bond donors (Lipinski definition) is 0. The van der Waals surface area contributed by atoms with Crippen molar-refractivity contribution in [2.24, 2.45) is 0 Å². The second kappa shape index (κ2) is 8.27. The molecule has 0 fully saturated rings. The number of rotatable bonds is 4. The SMILES string of the molecule is CCN(C(=O)c1cc(C(=O)N2CCc3ccccc3C2)ccn1)c1ccccc1. The molecule has 0 radical (unpaired) electrons. The first kappa shape index (κ1) is 18.9. The highest BCUT2D eigenvalue weighted by Crippen LogP contribution is 2.21. The Hall–Kier alpha value is -3.47. The van der Waals surface area contributed by atoms with Gasteiger partial charge in [0.05, 0.1) is 0 Å². The summed E-state index contributed by atoms with van der Waals surface area (Å²) < 4.78 is 0. The van der Waals surface area contributed by atoms with Crippen molar-refractivity contribution in [2.75, 3.05) is 18.0 Å². The van der Waals surface area contributed by atoms with Crippen molar-refractivity contribution in [3.63, 3.8) is 0 Å². The van der Waals surface area contributed by atoms with Crippen LogP contribution in [0.3, 0.4) is 0 Å². The van der Waals surface area contributed by atoms with E-state index < -0.39 is 0 Å². The Bertz CT molecular complexity index is 1030. The minimum Gasteiger partial charge on any atom is -0.334 e. The lowest BCUT2D eigenvalue weighted by atomic mass is 9.99. The van der Waals surface area contributed by atoms with Gasteiger partial charge in [0.25, 0.3) is 11.8 Å². The molecule has 2 amide bonds. The fourth-order valence-corrected chi connectivity index (χ4v) is 3.72. The summed E-state index contributed by atoms with van der Waals surface area (Å²) in [6.45, 7) is 3.70. The number of amides is 2. The van der Waals surface area contributed by atoms with Gasteiger partial charge in [-0.2, -0.15) is 0 Å². The Morgan fingerprint density at radius 1 is 1.00 bits per heavy atom. The van der Waals surface area contributed by atoms with Crippen molar-refractivity contribution in [3.8, 4) is 0 Å². The lowest BCUT2D eigenvalue weighted by Gasteiger charge is -2.29. The van der Waals surface area contributed by atoms with Gasteiger partial charge < -0.3 is 9.80 Å². The summed E-state index contributed by atoms with van der Waals surface area (Å²) in [6, 6.07) is 21.0. The summed E-state index contributed by atoms with van der Waals surface area (Å²) in [5.41, 5.74) is 4.05. The van der Waals surface area contributed by atoms with Gasteiger partial charge in [-0.3, -0.25) is 14.6 Å². The standard InChI is InChI=1S/C24H23N3O2/c1-2-27(21-10-4-3-5-11-21)24(29)22-16-19(12-14-25-22)23(28)26-15-13-18-8-6-7-9-20(18)17-26/h3-12,14,16H,2,13,15,17H2,1H3. The predicted octanol–water partition coefficient (Wildman–Crippen LogP) is 3.95. The van der Waals surface area contributed by atoms with E-state index in [1.54, 1.807) is 17.0 Å². The van der Waals surface area contributed by atoms with Crippen LogP contribution in [0.4, 0.5) is 5.69 Å². The summed E-state index contributed by atoms with van der Waals surface area (Å²) in [4.78, 5) is 33.8. The van der Waals surface area contributed by atoms with Crippen LogP contribution in [0.1, 0.15) is 38.9 Å². The molecule has 4 rings (SSSR count). The summed E-state index contributed by atoms with van der Waals surface area (Å²) in [6.07, 6.45) is 2.38. The molecule has 1 aliphatic heterocycles. The zero-order valence-electron chi connectivity index (χ0n) is 16.4. The maximum atomic E-state index is 13.1. The highest BCUT2D eigenvalue weighted by molar-refractivity contribution is 6.06. The van der Waals surface area contributed by atoms with E-state index >= 15 is 0 Å². The first-order valence-corrected chi connectivity index (χ1v) is 9.86. The molecule has 5 nitrogen and oxygen atoms in total. The summed E-state index contributed by atoms with van der Waals surface area (Å²) >= 11 is 0. The third-order valence-corrected chi connectivity index (χ3v) is 5.27. The smallest absolute Gasteiger partial charge is 0.276 e. The van der Waals surface area contributed by atoms with Crippen LogP contribution in [0.5, 0.6) is 0 Å². The van der Waals surface area contributed by atoms with Gasteiger partial charge in [-0.05, 0) is 48.7 Å².